The normalized spacial score (nSPS) is 26.5. The van der Waals surface area contributed by atoms with Crippen LogP contribution in [0, 0.1) is 5.41 Å². The van der Waals surface area contributed by atoms with Crippen LogP contribution in [0.5, 0.6) is 0 Å². The van der Waals surface area contributed by atoms with Gasteiger partial charge in [-0.1, -0.05) is 18.0 Å². The van der Waals surface area contributed by atoms with E-state index in [9.17, 15) is 4.79 Å². The van der Waals surface area contributed by atoms with Crippen molar-refractivity contribution in [2.75, 3.05) is 37.6 Å². The van der Waals surface area contributed by atoms with Crippen LogP contribution in [-0.4, -0.2) is 54.7 Å². The van der Waals surface area contributed by atoms with Gasteiger partial charge in [-0.3, -0.25) is 9.69 Å². The second kappa shape index (κ2) is 6.52. The second-order valence-electron chi connectivity index (χ2n) is 7.31. The molecule has 3 fully saturated rings. The fourth-order valence-electron chi connectivity index (χ4n) is 4.10. The predicted molar refractivity (Wildman–Crippen MR) is 93.3 cm³/mol. The van der Waals surface area contributed by atoms with Crippen LogP contribution in [0.1, 0.15) is 32.1 Å². The molecule has 4 rings (SSSR count). The van der Waals surface area contributed by atoms with Gasteiger partial charge in [0, 0.05) is 50.4 Å². The number of nitrogens with zero attached hydrogens (tertiary/aromatic N) is 3. The van der Waals surface area contributed by atoms with Crippen molar-refractivity contribution in [2.45, 2.75) is 38.2 Å². The molecule has 0 radical (unpaired) electrons. The Bertz CT molecular complexity index is 612. The van der Waals surface area contributed by atoms with Crippen LogP contribution in [-0.2, 0) is 9.53 Å². The summed E-state index contributed by atoms with van der Waals surface area (Å²) in [5, 5.41) is 0.732. The number of carbonyl (C=O) groups is 1. The first-order valence-electron chi connectivity index (χ1n) is 8.95. The molecule has 0 aromatic carbocycles. The molecule has 2 aliphatic heterocycles. The van der Waals surface area contributed by atoms with Gasteiger partial charge < -0.3 is 9.64 Å². The van der Waals surface area contributed by atoms with Crippen molar-refractivity contribution in [3.05, 3.63) is 23.4 Å². The molecular weight excluding hydrogens is 326 g/mol. The molecule has 1 aromatic rings. The largest absolute Gasteiger partial charge is 0.462 e. The highest BCUT2D eigenvalue weighted by Gasteiger charge is 2.52. The lowest BCUT2D eigenvalue weighted by Crippen LogP contribution is -2.47. The summed E-state index contributed by atoms with van der Waals surface area (Å²) in [6.07, 6.45) is 7.05. The number of pyridine rings is 1. The van der Waals surface area contributed by atoms with Gasteiger partial charge in [0.1, 0.15) is 11.9 Å². The average Bonchev–Trinajstić information content (AvgIpc) is 2.90. The maximum Gasteiger partial charge on any atom is 0.312 e. The van der Waals surface area contributed by atoms with E-state index in [2.05, 4.69) is 14.8 Å². The first kappa shape index (κ1) is 16.2. The van der Waals surface area contributed by atoms with Crippen molar-refractivity contribution in [1.29, 1.82) is 0 Å². The summed E-state index contributed by atoms with van der Waals surface area (Å²) in [5.74, 6) is 1.02. The Morgan fingerprint density at radius 2 is 2.08 bits per heavy atom. The lowest BCUT2D eigenvalue weighted by Gasteiger charge is -2.36. The van der Waals surface area contributed by atoms with Crippen LogP contribution in [0.4, 0.5) is 5.82 Å². The summed E-state index contributed by atoms with van der Waals surface area (Å²) in [4.78, 5) is 21.1. The second-order valence-corrected chi connectivity index (χ2v) is 7.75. The Morgan fingerprint density at radius 1 is 1.29 bits per heavy atom. The van der Waals surface area contributed by atoms with Crippen molar-refractivity contribution in [3.8, 4) is 0 Å². The number of esters is 1. The van der Waals surface area contributed by atoms with E-state index in [0.29, 0.717) is 0 Å². The number of rotatable bonds is 4. The van der Waals surface area contributed by atoms with E-state index in [0.717, 1.165) is 69.2 Å². The zero-order valence-electron chi connectivity index (χ0n) is 13.9. The zero-order chi connectivity index (χ0) is 16.6. The molecule has 1 saturated carbocycles. The third-order valence-electron chi connectivity index (χ3n) is 5.81. The Hall–Kier alpha value is -1.33. The molecule has 2 saturated heterocycles. The number of aromatic nitrogens is 1. The molecule has 1 aliphatic carbocycles. The lowest BCUT2D eigenvalue weighted by atomic mass is 9.67. The maximum atomic E-state index is 12.0. The summed E-state index contributed by atoms with van der Waals surface area (Å²) in [6, 6.07) is 3.73. The van der Waals surface area contributed by atoms with Crippen molar-refractivity contribution in [2.24, 2.45) is 5.41 Å². The highest BCUT2D eigenvalue weighted by atomic mass is 35.5. The predicted octanol–water partition coefficient (Wildman–Crippen LogP) is 2.73. The number of ether oxygens (including phenoxy) is 1. The monoisotopic (exact) mass is 349 g/mol. The molecule has 3 aliphatic rings. The van der Waals surface area contributed by atoms with Crippen LogP contribution in [0.15, 0.2) is 18.3 Å². The van der Waals surface area contributed by atoms with Crippen LogP contribution >= 0.6 is 11.6 Å². The Kier molecular flexibility index (Phi) is 4.39. The van der Waals surface area contributed by atoms with Crippen molar-refractivity contribution < 1.29 is 9.53 Å². The first-order chi connectivity index (χ1) is 11.6. The molecule has 1 unspecified atom stereocenters. The minimum Gasteiger partial charge on any atom is -0.462 e. The highest BCUT2D eigenvalue weighted by Crippen LogP contribution is 2.50. The SMILES string of the molecule is O=C1OC(CCN2CCN(c3cc(Cl)ccn3)CC2)CC12CCC2. The van der Waals surface area contributed by atoms with Crippen LogP contribution in [0.25, 0.3) is 0 Å². The quantitative estimate of drug-likeness (QED) is 0.782. The molecule has 130 valence electrons. The van der Waals surface area contributed by atoms with Crippen molar-refractivity contribution in [3.63, 3.8) is 0 Å². The fourth-order valence-corrected chi connectivity index (χ4v) is 4.26. The Morgan fingerprint density at radius 3 is 2.71 bits per heavy atom. The minimum absolute atomic E-state index is 0.0654. The maximum absolute atomic E-state index is 12.0. The number of piperazine rings is 1. The van der Waals surface area contributed by atoms with Gasteiger partial charge in [-0.2, -0.15) is 0 Å². The number of halogens is 1. The van der Waals surface area contributed by atoms with Gasteiger partial charge in [-0.05, 0) is 31.4 Å². The van der Waals surface area contributed by atoms with E-state index in [4.69, 9.17) is 16.3 Å². The molecule has 1 spiro atoms. The van der Waals surface area contributed by atoms with Gasteiger partial charge in [0.05, 0.1) is 5.41 Å². The minimum atomic E-state index is -0.0956. The summed E-state index contributed by atoms with van der Waals surface area (Å²) in [5.41, 5.74) is -0.0956. The molecule has 5 nitrogen and oxygen atoms in total. The van der Waals surface area contributed by atoms with E-state index in [1.165, 1.54) is 6.42 Å². The van der Waals surface area contributed by atoms with Gasteiger partial charge in [0.25, 0.3) is 0 Å². The third-order valence-corrected chi connectivity index (χ3v) is 6.04. The van der Waals surface area contributed by atoms with Crippen molar-refractivity contribution >= 4 is 23.4 Å². The molecule has 0 bridgehead atoms. The van der Waals surface area contributed by atoms with E-state index >= 15 is 0 Å². The first-order valence-corrected chi connectivity index (χ1v) is 9.32. The molecule has 1 atom stereocenters. The highest BCUT2D eigenvalue weighted by molar-refractivity contribution is 6.30. The number of hydrogen-bond donors (Lipinski definition) is 0. The smallest absolute Gasteiger partial charge is 0.312 e. The number of anilines is 1. The molecule has 0 N–H and O–H groups in total. The number of cyclic esters (lactones) is 1. The zero-order valence-corrected chi connectivity index (χ0v) is 14.7. The molecule has 0 amide bonds. The summed E-state index contributed by atoms with van der Waals surface area (Å²) >= 11 is 6.05. The molecule has 24 heavy (non-hydrogen) atoms. The van der Waals surface area contributed by atoms with Crippen LogP contribution in [0.3, 0.4) is 0 Å². The van der Waals surface area contributed by atoms with Crippen molar-refractivity contribution in [1.82, 2.24) is 9.88 Å². The van der Waals surface area contributed by atoms with Gasteiger partial charge in [-0.15, -0.1) is 0 Å². The summed E-state index contributed by atoms with van der Waals surface area (Å²) < 4.78 is 5.61. The number of hydrogen-bond acceptors (Lipinski definition) is 5. The molecular formula is C18H24ClN3O2. The lowest BCUT2D eigenvalue weighted by molar-refractivity contribution is -0.152. The van der Waals surface area contributed by atoms with Crippen LogP contribution < -0.4 is 4.90 Å². The van der Waals surface area contributed by atoms with E-state index in [1.54, 1.807) is 12.3 Å². The van der Waals surface area contributed by atoms with Gasteiger partial charge in [0.2, 0.25) is 0 Å². The standard InChI is InChI=1S/C18H24ClN3O2/c19-14-2-6-20-16(12-14)22-10-8-21(9-11-22)7-3-15-13-18(4-1-5-18)17(23)24-15/h2,6,12,15H,1,3-5,7-11,13H2. The van der Waals surface area contributed by atoms with E-state index in [-0.39, 0.29) is 17.5 Å². The average molecular weight is 350 g/mol. The van der Waals surface area contributed by atoms with E-state index in [1.807, 2.05) is 6.07 Å². The Labute approximate surface area is 147 Å². The molecule has 3 heterocycles. The third kappa shape index (κ3) is 3.11. The fraction of sp³-hybridized carbons (Fsp3) is 0.667. The van der Waals surface area contributed by atoms with Crippen LogP contribution in [0.2, 0.25) is 5.02 Å². The molecule has 1 aromatic heterocycles. The van der Waals surface area contributed by atoms with Gasteiger partial charge in [0.15, 0.2) is 0 Å². The Balaban J connectivity index is 1.23. The summed E-state index contributed by atoms with van der Waals surface area (Å²) in [6.45, 7) is 4.95. The van der Waals surface area contributed by atoms with Gasteiger partial charge in [-0.25, -0.2) is 4.98 Å². The summed E-state index contributed by atoms with van der Waals surface area (Å²) in [7, 11) is 0. The van der Waals surface area contributed by atoms with E-state index < -0.39 is 0 Å². The topological polar surface area (TPSA) is 45.7 Å². The van der Waals surface area contributed by atoms with Gasteiger partial charge >= 0.3 is 5.97 Å². The number of carbonyl (C=O) groups excluding carboxylic acids is 1. The molecule has 6 heteroatoms.